The van der Waals surface area contributed by atoms with Crippen molar-refractivity contribution in [1.82, 2.24) is 0 Å². The summed E-state index contributed by atoms with van der Waals surface area (Å²) in [6.45, 7) is 38.8. The molecule has 1 aliphatic carbocycles. The summed E-state index contributed by atoms with van der Waals surface area (Å²) >= 11 is 0. The van der Waals surface area contributed by atoms with Crippen LogP contribution in [0.5, 0.6) is 11.5 Å². The molecule has 0 saturated heterocycles. The third-order valence-electron chi connectivity index (χ3n) is 17.8. The van der Waals surface area contributed by atoms with Gasteiger partial charge in [-0.1, -0.05) is 215 Å². The van der Waals surface area contributed by atoms with E-state index in [0.29, 0.717) is 11.8 Å². The minimum absolute atomic E-state index is 0.00658. The van der Waals surface area contributed by atoms with Crippen LogP contribution in [0.25, 0.3) is 11.1 Å². The number of hydrogen-bond donors (Lipinski definition) is 0. The Kier molecular flexibility index (Phi) is 12.5. The fourth-order valence-electron chi connectivity index (χ4n) is 13.1. The second-order valence-electron chi connectivity index (χ2n) is 29.1. The van der Waals surface area contributed by atoms with Crippen LogP contribution in [0.4, 0.5) is 51.2 Å². The lowest BCUT2D eigenvalue weighted by molar-refractivity contribution is 0.487. The molecule has 0 aromatic heterocycles. The summed E-state index contributed by atoms with van der Waals surface area (Å²) < 4.78 is 17.0. The molecule has 0 N–H and O–H groups in total. The van der Waals surface area contributed by atoms with Gasteiger partial charge in [-0.15, -0.1) is 0 Å². The number of rotatable bonds is 7. The van der Waals surface area contributed by atoms with Gasteiger partial charge in [0.15, 0.2) is 0 Å². The molecule has 0 fully saturated rings. The van der Waals surface area contributed by atoms with E-state index in [1.54, 1.807) is 0 Å². The lowest BCUT2D eigenvalue weighted by Crippen LogP contribution is -2.61. The van der Waals surface area contributed by atoms with Crippen LogP contribution >= 0.6 is 0 Å². The molecule has 0 unspecified atom stereocenters. The summed E-state index contributed by atoms with van der Waals surface area (Å²) in [6, 6.07) is 68.7. The van der Waals surface area contributed by atoms with E-state index in [-0.39, 0.29) is 33.8 Å². The van der Waals surface area contributed by atoms with E-state index in [9.17, 15) is 1.37 Å². The zero-order valence-corrected chi connectivity index (χ0v) is 51.6. The topological polar surface area (TPSA) is 19.0 Å². The second kappa shape index (κ2) is 19.2. The SMILES string of the molecule is [2H]c1cc2c3c(c1)N(c1ccc(C(C)(C)C)cc1)c1cc(N(c4ccc(C(C)(C)C)cc4)c4ccc(C(C)(C)C)cc4)c4c(c1B3c1ccc(N(c3ccc(C(C)(C)C)cc3)c3ccc(C(C)(C)C)cc3)cc1O2)C(C)(C)c1ccccc1-4. The Morgan fingerprint density at radius 1 is 0.427 bits per heavy atom. The zero-order valence-electron chi connectivity index (χ0n) is 52.6. The van der Waals surface area contributed by atoms with Crippen molar-refractivity contribution in [3.05, 3.63) is 227 Å². The minimum Gasteiger partial charge on any atom is -0.458 e. The van der Waals surface area contributed by atoms with Crippen molar-refractivity contribution in [3.8, 4) is 22.6 Å². The molecule has 2 aliphatic heterocycles. The number of anilines is 9. The molecule has 3 aliphatic rings. The van der Waals surface area contributed by atoms with E-state index < -0.39 is 5.41 Å². The molecule has 82 heavy (non-hydrogen) atoms. The van der Waals surface area contributed by atoms with Crippen molar-refractivity contribution in [1.29, 1.82) is 0 Å². The van der Waals surface area contributed by atoms with Gasteiger partial charge in [-0.05, 0) is 173 Å². The molecule has 0 amide bonds. The first-order valence-electron chi connectivity index (χ1n) is 30.2. The normalized spacial score (nSPS) is 14.5. The molecule has 414 valence electrons. The van der Waals surface area contributed by atoms with Crippen LogP contribution in [0.15, 0.2) is 188 Å². The first kappa shape index (κ1) is 53.5. The number of benzene rings is 9. The van der Waals surface area contributed by atoms with Gasteiger partial charge in [0.25, 0.3) is 6.71 Å². The number of nitrogens with zero attached hydrogens (tertiary/aromatic N) is 3. The first-order valence-corrected chi connectivity index (χ1v) is 29.7. The molecular formula is C77H82BN3O. The Labute approximate surface area is 492 Å². The Morgan fingerprint density at radius 3 is 1.32 bits per heavy atom. The molecule has 4 nitrogen and oxygen atoms in total. The highest BCUT2D eigenvalue weighted by atomic mass is 16.5. The maximum atomic E-state index is 9.67. The predicted octanol–water partition coefficient (Wildman–Crippen LogP) is 19.8. The molecule has 12 rings (SSSR count). The van der Waals surface area contributed by atoms with Gasteiger partial charge in [0, 0.05) is 62.5 Å². The van der Waals surface area contributed by atoms with Crippen LogP contribution in [0.3, 0.4) is 0 Å². The van der Waals surface area contributed by atoms with Gasteiger partial charge in [-0.25, -0.2) is 0 Å². The molecule has 0 radical (unpaired) electrons. The van der Waals surface area contributed by atoms with Crippen molar-refractivity contribution in [3.63, 3.8) is 0 Å². The molecule has 9 aromatic rings. The third-order valence-corrected chi connectivity index (χ3v) is 17.8. The van der Waals surface area contributed by atoms with Crippen molar-refractivity contribution < 1.29 is 6.11 Å². The number of fused-ring (bicyclic) bond motifs is 8. The van der Waals surface area contributed by atoms with Crippen molar-refractivity contribution in [2.75, 3.05) is 14.7 Å². The molecule has 0 spiro atoms. The Balaban J connectivity index is 1.16. The summed E-state index contributed by atoms with van der Waals surface area (Å²) in [5.41, 5.74) is 23.9. The average molecular weight is 1080 g/mol. The summed E-state index contributed by atoms with van der Waals surface area (Å²) in [5, 5.41) is 0. The average Bonchev–Trinajstić information content (AvgIpc) is 1.73. The Bertz CT molecular complexity index is 3860. The largest absolute Gasteiger partial charge is 0.458 e. The van der Waals surface area contributed by atoms with Crippen LogP contribution in [-0.2, 0) is 32.5 Å². The van der Waals surface area contributed by atoms with Crippen molar-refractivity contribution in [2.45, 2.75) is 150 Å². The van der Waals surface area contributed by atoms with Gasteiger partial charge in [-0.2, -0.15) is 0 Å². The standard InChI is InChI=1S/C77H82BN3O/c1-72(2,3)49-25-35-54(36-26-49)79(55-37-27-50(28-38-55)73(4,5)6)59-45-46-62-67(47-59)82-66-24-20-23-63-70(66)78(62)71-65(81(63)58-43-33-53(34-44-58)76(13,14)15)48-64(68-60-21-18-19-22-61(60)77(16,17)69(68)71)80(56-39-29-51(30-40-56)74(7,8)9)57-41-31-52(32-42-57)75(10,11)12/h18-48H,1-17H3/i20D. The summed E-state index contributed by atoms with van der Waals surface area (Å²) in [7, 11) is 0. The molecule has 0 atom stereocenters. The van der Waals surface area contributed by atoms with E-state index in [0.717, 1.165) is 67.9 Å². The zero-order chi connectivity index (χ0) is 59.1. The molecular weight excluding hydrogens is 994 g/mol. The smallest absolute Gasteiger partial charge is 0.256 e. The van der Waals surface area contributed by atoms with E-state index >= 15 is 0 Å². The molecule has 2 heterocycles. The van der Waals surface area contributed by atoms with Gasteiger partial charge in [0.05, 0.1) is 7.06 Å². The lowest BCUT2D eigenvalue weighted by atomic mass is 9.32. The van der Waals surface area contributed by atoms with Crippen molar-refractivity contribution >= 4 is 74.3 Å². The molecule has 0 saturated carbocycles. The minimum atomic E-state index is -0.438. The lowest BCUT2D eigenvalue weighted by Gasteiger charge is -2.43. The van der Waals surface area contributed by atoms with Crippen LogP contribution < -0.4 is 35.8 Å². The van der Waals surface area contributed by atoms with Crippen molar-refractivity contribution in [2.24, 2.45) is 0 Å². The summed E-state index contributed by atoms with van der Waals surface area (Å²) in [5.74, 6) is 1.50. The third kappa shape index (κ3) is 9.33. The van der Waals surface area contributed by atoms with Gasteiger partial charge >= 0.3 is 0 Å². The fourth-order valence-corrected chi connectivity index (χ4v) is 13.1. The first-order chi connectivity index (χ1) is 39.0. The van der Waals surface area contributed by atoms with Gasteiger partial charge < -0.3 is 19.4 Å². The van der Waals surface area contributed by atoms with E-state index in [1.165, 1.54) is 55.5 Å². The quantitative estimate of drug-likeness (QED) is 0.148. The van der Waals surface area contributed by atoms with Crippen LogP contribution in [0.1, 0.15) is 158 Å². The molecule has 5 heteroatoms. The summed E-state index contributed by atoms with van der Waals surface area (Å²) in [4.78, 5) is 7.33. The van der Waals surface area contributed by atoms with Crippen LogP contribution in [0.2, 0.25) is 0 Å². The Hall–Kier alpha value is -7.76. The van der Waals surface area contributed by atoms with Gasteiger partial charge in [0.2, 0.25) is 0 Å². The molecule has 9 aromatic carbocycles. The van der Waals surface area contributed by atoms with Gasteiger partial charge in [0.1, 0.15) is 11.5 Å². The maximum Gasteiger partial charge on any atom is 0.256 e. The molecule has 0 bridgehead atoms. The Morgan fingerprint density at radius 2 is 0.854 bits per heavy atom. The van der Waals surface area contributed by atoms with E-state index in [2.05, 4.69) is 308 Å². The second-order valence-corrected chi connectivity index (χ2v) is 29.1. The highest BCUT2D eigenvalue weighted by Gasteiger charge is 2.50. The monoisotopic (exact) mass is 1080 g/mol. The summed E-state index contributed by atoms with van der Waals surface area (Å²) in [6.07, 6.45) is 0. The van der Waals surface area contributed by atoms with Crippen LogP contribution in [0, 0.1) is 0 Å². The predicted molar refractivity (Wildman–Crippen MR) is 353 cm³/mol. The highest BCUT2D eigenvalue weighted by molar-refractivity contribution is 6.99. The maximum absolute atomic E-state index is 9.67. The van der Waals surface area contributed by atoms with E-state index in [1.807, 2.05) is 6.07 Å². The highest BCUT2D eigenvalue weighted by Crippen LogP contribution is 2.57. The number of ether oxygens (including phenoxy) is 1. The van der Waals surface area contributed by atoms with Crippen LogP contribution in [-0.4, -0.2) is 6.71 Å². The van der Waals surface area contributed by atoms with Gasteiger partial charge in [-0.3, -0.25) is 0 Å². The number of hydrogen-bond acceptors (Lipinski definition) is 4. The fraction of sp³-hybridized carbons (Fsp3) is 0.299. The van der Waals surface area contributed by atoms with E-state index in [4.69, 9.17) is 4.74 Å².